The Kier molecular flexibility index (Phi) is 8.33. The number of benzene rings is 4. The molecule has 0 spiro atoms. The van der Waals surface area contributed by atoms with Crippen molar-refractivity contribution in [3.8, 4) is 0 Å². The summed E-state index contributed by atoms with van der Waals surface area (Å²) in [5, 5.41) is 0. The number of carbonyl (C=O) groups excluding carboxylic acids is 1. The summed E-state index contributed by atoms with van der Waals surface area (Å²) in [7, 11) is -8.16. The largest absolute Gasteiger partial charge is 0.298 e. The fraction of sp³-hybridized carbons (Fsp3) is 0.400. The monoisotopic (exact) mass is 762 g/mol. The number of hydrogen-bond donors (Lipinski definition) is 0. The van der Waals surface area contributed by atoms with E-state index in [-0.39, 0.29) is 76.1 Å². The average molecular weight is 763 g/mol. The summed E-state index contributed by atoms with van der Waals surface area (Å²) in [6.07, 6.45) is 1.73. The second-order valence-electron chi connectivity index (χ2n) is 16.8. The molecule has 0 heterocycles. The number of rotatable bonds is 10. The lowest BCUT2D eigenvalue weighted by atomic mass is 9.33. The summed E-state index contributed by atoms with van der Waals surface area (Å²) >= 11 is 0. The number of allylic oxidation sites excluding steroid dienone is 2. The molecule has 0 amide bonds. The maximum absolute atomic E-state index is 15.2. The van der Waals surface area contributed by atoms with Gasteiger partial charge in [-0.2, -0.15) is 16.8 Å². The third kappa shape index (κ3) is 5.07. The number of ketones is 1. The van der Waals surface area contributed by atoms with Gasteiger partial charge in [0.05, 0.1) is 33.8 Å². The SMILES string of the molecule is Cc1ccc(S(=O)(=O)OC[C@@H]2[C@H](COS(=O)(=O)c3ccc(C)cc3)[C@H]3CC[C@@H]2[C@@H]2[C@@H]3[C@@H]3[C@@H]2[C@@]2(C)C(=O)[C@@]3(C)C(c3ccccc3)=C2c2ccccc2)cc1. The van der Waals surface area contributed by atoms with Crippen molar-refractivity contribution in [1.82, 2.24) is 0 Å². The molecule has 10 atom stereocenters. The topological polar surface area (TPSA) is 104 Å². The number of aryl methyl sites for hydroxylation is 2. The Morgan fingerprint density at radius 1 is 0.556 bits per heavy atom. The number of carbonyl (C=O) groups is 1. The summed E-state index contributed by atoms with van der Waals surface area (Å²) < 4.78 is 66.1. The molecule has 7 nitrogen and oxygen atoms in total. The normalized spacial score (nSPS) is 33.7. The van der Waals surface area contributed by atoms with E-state index in [0.29, 0.717) is 0 Å². The van der Waals surface area contributed by atoms with E-state index in [1.54, 1.807) is 48.5 Å². The second kappa shape index (κ2) is 12.6. The minimum absolute atomic E-state index is 0.0370. The van der Waals surface area contributed by atoms with Crippen molar-refractivity contribution in [2.24, 2.45) is 58.2 Å². The fourth-order valence-corrected chi connectivity index (χ4v) is 14.1. The minimum Gasteiger partial charge on any atom is -0.298 e. The zero-order valence-electron chi connectivity index (χ0n) is 31.0. The van der Waals surface area contributed by atoms with Gasteiger partial charge in [-0.15, -0.1) is 0 Å². The minimum atomic E-state index is -4.08. The van der Waals surface area contributed by atoms with Gasteiger partial charge in [0.15, 0.2) is 5.78 Å². The Hall–Kier alpha value is -3.89. The molecule has 5 saturated carbocycles. The fourth-order valence-electron chi connectivity index (χ4n) is 12.2. The van der Waals surface area contributed by atoms with Crippen LogP contribution in [0.5, 0.6) is 0 Å². The standard InChI is InChI=1S/C45H46O7S2/c1-27-15-19-31(20-16-27)53(47,48)51-25-35-33-23-24-34(36(35)26-52-54(49,50)32-21-17-28(2)18-22-32)38-37(33)41-42(38)45(4)40(30-13-9-6-10-14-30)39(44(41,3)43(45)46)29-11-7-5-8-12-29/h5-22,33-38,41-42H,23-26H2,1-4H3/t33-,34+,35-,36+,37-,38-,41-,42-,44+,45+/m1/s1. The first-order chi connectivity index (χ1) is 25.8. The molecule has 0 aliphatic heterocycles. The van der Waals surface area contributed by atoms with Crippen LogP contribution in [0.1, 0.15) is 48.9 Å². The molecule has 0 aromatic heterocycles. The maximum Gasteiger partial charge on any atom is 0.296 e. The highest BCUT2D eigenvalue weighted by Crippen LogP contribution is 2.84. The summed E-state index contributed by atoms with van der Waals surface area (Å²) in [6.45, 7) is 7.98. The van der Waals surface area contributed by atoms with Gasteiger partial charge in [0, 0.05) is 0 Å². The predicted octanol–water partition coefficient (Wildman–Crippen LogP) is 8.38. The van der Waals surface area contributed by atoms with Crippen molar-refractivity contribution < 1.29 is 30.0 Å². The summed E-state index contributed by atoms with van der Waals surface area (Å²) in [5.41, 5.74) is 4.78. The molecule has 54 heavy (non-hydrogen) atoms. The van der Waals surface area contributed by atoms with Crippen LogP contribution in [0.2, 0.25) is 0 Å². The first kappa shape index (κ1) is 35.8. The smallest absolute Gasteiger partial charge is 0.296 e. The molecule has 0 unspecified atom stereocenters. The van der Waals surface area contributed by atoms with Crippen LogP contribution in [0.25, 0.3) is 11.1 Å². The van der Waals surface area contributed by atoms with E-state index in [9.17, 15) is 16.8 Å². The van der Waals surface area contributed by atoms with Gasteiger partial charge in [0.25, 0.3) is 20.2 Å². The number of Topliss-reactive ketones (excluding diaryl/α,β-unsaturated/α-hetero) is 1. The molecule has 6 aliphatic carbocycles. The Bertz CT molecular complexity index is 2210. The Balaban J connectivity index is 1.12. The van der Waals surface area contributed by atoms with Gasteiger partial charge >= 0.3 is 0 Å². The maximum atomic E-state index is 15.2. The first-order valence-electron chi connectivity index (χ1n) is 19.1. The Morgan fingerprint density at radius 3 is 1.26 bits per heavy atom. The molecule has 6 aliphatic rings. The van der Waals surface area contributed by atoms with E-state index >= 15 is 4.79 Å². The lowest BCUT2D eigenvalue weighted by molar-refractivity contribution is -0.227. The van der Waals surface area contributed by atoms with Crippen molar-refractivity contribution in [3.63, 3.8) is 0 Å². The molecule has 280 valence electrons. The van der Waals surface area contributed by atoms with Gasteiger partial charge in [-0.3, -0.25) is 13.2 Å². The van der Waals surface area contributed by atoms with E-state index in [2.05, 4.69) is 38.1 Å². The third-order valence-corrected chi connectivity index (χ3v) is 16.9. The highest BCUT2D eigenvalue weighted by Gasteiger charge is 2.82. The molecular formula is C45H46O7S2. The molecule has 10 rings (SSSR count). The van der Waals surface area contributed by atoms with E-state index in [1.165, 1.54) is 0 Å². The zero-order chi connectivity index (χ0) is 37.8. The lowest BCUT2D eigenvalue weighted by Gasteiger charge is -2.71. The van der Waals surface area contributed by atoms with Crippen LogP contribution in [0.4, 0.5) is 0 Å². The number of fused-ring (bicyclic) bond motifs is 7. The first-order valence-corrected chi connectivity index (χ1v) is 21.9. The Morgan fingerprint density at radius 2 is 0.907 bits per heavy atom. The lowest BCUT2D eigenvalue weighted by Crippen LogP contribution is -2.68. The molecule has 0 saturated heterocycles. The molecule has 5 fully saturated rings. The quantitative estimate of drug-likeness (QED) is 0.150. The van der Waals surface area contributed by atoms with Crippen molar-refractivity contribution in [1.29, 1.82) is 0 Å². The van der Waals surface area contributed by atoms with Crippen molar-refractivity contribution in [2.75, 3.05) is 13.2 Å². The van der Waals surface area contributed by atoms with Gasteiger partial charge in [-0.25, -0.2) is 0 Å². The molecule has 4 aromatic rings. The number of hydrogen-bond acceptors (Lipinski definition) is 7. The van der Waals surface area contributed by atoms with Crippen molar-refractivity contribution in [2.45, 2.75) is 50.3 Å². The van der Waals surface area contributed by atoms with E-state index in [1.807, 2.05) is 50.2 Å². The summed E-state index contributed by atoms with van der Waals surface area (Å²) in [6, 6.07) is 33.9. The van der Waals surface area contributed by atoms with Crippen LogP contribution in [-0.4, -0.2) is 35.8 Å². The molecule has 9 heteroatoms. The van der Waals surface area contributed by atoms with Crippen LogP contribution >= 0.6 is 0 Å². The summed E-state index contributed by atoms with van der Waals surface area (Å²) in [5.74, 6) is 0.272. The predicted molar refractivity (Wildman–Crippen MR) is 207 cm³/mol. The van der Waals surface area contributed by atoms with Crippen molar-refractivity contribution in [3.05, 3.63) is 131 Å². The molecular weight excluding hydrogens is 717 g/mol. The van der Waals surface area contributed by atoms with Gasteiger partial charge in [-0.05, 0) is 134 Å². The molecule has 0 radical (unpaired) electrons. The molecule has 4 aromatic carbocycles. The van der Waals surface area contributed by atoms with Crippen LogP contribution < -0.4 is 0 Å². The highest BCUT2D eigenvalue weighted by molar-refractivity contribution is 7.87. The van der Waals surface area contributed by atoms with Gasteiger partial charge in [0.1, 0.15) is 0 Å². The van der Waals surface area contributed by atoms with Crippen LogP contribution in [0, 0.1) is 72.0 Å². The van der Waals surface area contributed by atoms with Crippen LogP contribution in [0.15, 0.2) is 119 Å². The van der Waals surface area contributed by atoms with E-state index in [4.69, 9.17) is 8.37 Å². The molecule has 0 N–H and O–H groups in total. The van der Waals surface area contributed by atoms with Gasteiger partial charge in [0.2, 0.25) is 0 Å². The van der Waals surface area contributed by atoms with Gasteiger partial charge < -0.3 is 0 Å². The highest BCUT2D eigenvalue weighted by atomic mass is 32.2. The van der Waals surface area contributed by atoms with Crippen molar-refractivity contribution >= 4 is 37.2 Å². The molecule has 4 bridgehead atoms. The van der Waals surface area contributed by atoms with Gasteiger partial charge in [-0.1, -0.05) is 96.1 Å². The van der Waals surface area contributed by atoms with Crippen LogP contribution in [-0.2, 0) is 33.4 Å². The second-order valence-corrected chi connectivity index (χ2v) is 20.0. The van der Waals surface area contributed by atoms with E-state index < -0.39 is 31.1 Å². The summed E-state index contributed by atoms with van der Waals surface area (Å²) in [4.78, 5) is 15.4. The third-order valence-electron chi connectivity index (χ3n) is 14.3. The van der Waals surface area contributed by atoms with E-state index in [0.717, 1.165) is 46.2 Å². The Labute approximate surface area is 319 Å². The zero-order valence-corrected chi connectivity index (χ0v) is 32.6. The van der Waals surface area contributed by atoms with Crippen LogP contribution in [0.3, 0.4) is 0 Å². The average Bonchev–Trinajstić information content (AvgIpc) is 3.41.